The number of aliphatic hydroxyl groups excluding tert-OH is 1. The lowest BCUT2D eigenvalue weighted by Crippen LogP contribution is -2.00. The van der Waals surface area contributed by atoms with Crippen LogP contribution in [0.5, 0.6) is 0 Å². The van der Waals surface area contributed by atoms with Gasteiger partial charge in [0.15, 0.2) is 11.5 Å². The Morgan fingerprint density at radius 2 is 1.85 bits per heavy atom. The number of rotatable bonds is 2. The normalized spacial score (nSPS) is 10.7. The summed E-state index contributed by atoms with van der Waals surface area (Å²) in [4.78, 5) is 8.97. The van der Waals surface area contributed by atoms with Crippen molar-refractivity contribution in [3.05, 3.63) is 71.6 Å². The number of aromatic nitrogens is 5. The van der Waals surface area contributed by atoms with Crippen molar-refractivity contribution in [2.75, 3.05) is 0 Å². The highest BCUT2D eigenvalue weighted by atomic mass is 16.3. The van der Waals surface area contributed by atoms with Gasteiger partial charge in [-0.2, -0.15) is 5.10 Å². The second-order valence-electron chi connectivity index (χ2n) is 5.97. The molecular weight excluding hydrogens is 326 g/mol. The van der Waals surface area contributed by atoms with E-state index in [2.05, 4.69) is 26.9 Å². The zero-order chi connectivity index (χ0) is 18.1. The maximum atomic E-state index is 9.50. The van der Waals surface area contributed by atoms with Crippen LogP contribution in [0.3, 0.4) is 0 Å². The fraction of sp³-hybridized carbons (Fsp3) is 0.150. The van der Waals surface area contributed by atoms with Crippen molar-refractivity contribution >= 4 is 5.65 Å². The van der Waals surface area contributed by atoms with Crippen molar-refractivity contribution in [2.24, 2.45) is 7.05 Å². The molecule has 0 radical (unpaired) electrons. The van der Waals surface area contributed by atoms with E-state index >= 15 is 0 Å². The molecule has 0 aliphatic rings. The first-order valence-electron chi connectivity index (χ1n) is 8.22. The molecule has 0 aliphatic carbocycles. The van der Waals surface area contributed by atoms with Gasteiger partial charge in [0.25, 0.3) is 0 Å². The van der Waals surface area contributed by atoms with Crippen LogP contribution in [-0.2, 0) is 13.7 Å². The Morgan fingerprint density at radius 3 is 2.62 bits per heavy atom. The van der Waals surface area contributed by atoms with Crippen LogP contribution >= 0.6 is 0 Å². The lowest BCUT2D eigenvalue weighted by atomic mass is 10.2. The Hall–Kier alpha value is -3.43. The van der Waals surface area contributed by atoms with Gasteiger partial charge in [0.2, 0.25) is 0 Å². The number of aryl methyl sites for hydroxylation is 2. The third-order valence-corrected chi connectivity index (χ3v) is 4.17. The van der Waals surface area contributed by atoms with Crippen molar-refractivity contribution in [3.8, 4) is 23.1 Å². The first-order chi connectivity index (χ1) is 12.7. The number of aliphatic hydroxyl groups is 1. The molecule has 6 heteroatoms. The summed E-state index contributed by atoms with van der Waals surface area (Å²) in [6.07, 6.45) is 1.96. The maximum Gasteiger partial charge on any atom is 0.186 e. The lowest BCUT2D eigenvalue weighted by Gasteiger charge is -1.98. The Bertz CT molecular complexity index is 1150. The summed E-state index contributed by atoms with van der Waals surface area (Å²) in [5, 5.41) is 14.0. The molecule has 0 bridgehead atoms. The van der Waals surface area contributed by atoms with Gasteiger partial charge in [-0.25, -0.2) is 14.5 Å². The predicted molar refractivity (Wildman–Crippen MR) is 98.3 cm³/mol. The average molecular weight is 343 g/mol. The summed E-state index contributed by atoms with van der Waals surface area (Å²) in [6.45, 7) is 1.74. The van der Waals surface area contributed by atoms with Crippen LogP contribution in [-0.4, -0.2) is 29.3 Å². The number of hydrogen-bond donors (Lipinski definition) is 1. The molecule has 4 rings (SSSR count). The molecule has 26 heavy (non-hydrogen) atoms. The molecule has 0 saturated heterocycles. The number of hydrogen-bond acceptors (Lipinski definition) is 4. The average Bonchev–Trinajstić information content (AvgIpc) is 3.19. The minimum absolute atomic E-state index is 0.114. The minimum atomic E-state index is -0.114. The maximum absolute atomic E-state index is 9.50. The highest BCUT2D eigenvalue weighted by Crippen LogP contribution is 2.17. The van der Waals surface area contributed by atoms with Gasteiger partial charge in [-0.15, -0.1) is 0 Å². The molecule has 3 heterocycles. The van der Waals surface area contributed by atoms with Crippen LogP contribution in [0.15, 0.2) is 48.7 Å². The van der Waals surface area contributed by atoms with Crippen LogP contribution < -0.4 is 0 Å². The molecule has 3 aromatic heterocycles. The number of benzene rings is 1. The lowest BCUT2D eigenvalue weighted by molar-refractivity contribution is 0.273. The summed E-state index contributed by atoms with van der Waals surface area (Å²) in [5.41, 5.74) is 4.66. The van der Waals surface area contributed by atoms with E-state index in [1.165, 1.54) is 0 Å². The second kappa shape index (κ2) is 6.47. The van der Waals surface area contributed by atoms with Crippen LogP contribution in [0.2, 0.25) is 0 Å². The summed E-state index contributed by atoms with van der Waals surface area (Å²) < 4.78 is 3.53. The Labute approximate surface area is 150 Å². The standard InChI is InChI=1S/C20H17N5O/c1-14-18(13-26)25-20(21-14)11-9-16(23-25)8-10-19-22-17(12-24(19)2)15-6-4-3-5-7-15/h3-7,9,11-12,26H,13H2,1-2H3. The van der Waals surface area contributed by atoms with E-state index in [4.69, 9.17) is 0 Å². The van der Waals surface area contributed by atoms with Crippen LogP contribution in [0.1, 0.15) is 22.9 Å². The fourth-order valence-corrected chi connectivity index (χ4v) is 2.79. The van der Waals surface area contributed by atoms with E-state index in [1.54, 1.807) is 4.52 Å². The van der Waals surface area contributed by atoms with Crippen molar-refractivity contribution in [2.45, 2.75) is 13.5 Å². The highest BCUT2D eigenvalue weighted by Gasteiger charge is 2.09. The molecule has 0 amide bonds. The highest BCUT2D eigenvalue weighted by molar-refractivity contribution is 5.59. The predicted octanol–water partition coefficient (Wildman–Crippen LogP) is 2.33. The Morgan fingerprint density at radius 1 is 1.04 bits per heavy atom. The van der Waals surface area contributed by atoms with E-state index in [9.17, 15) is 5.11 Å². The van der Waals surface area contributed by atoms with E-state index in [0.717, 1.165) is 17.0 Å². The molecule has 0 spiro atoms. The van der Waals surface area contributed by atoms with Crippen molar-refractivity contribution in [1.29, 1.82) is 0 Å². The number of fused-ring (bicyclic) bond motifs is 1. The van der Waals surface area contributed by atoms with Gasteiger partial charge in [0.05, 0.1) is 23.7 Å². The zero-order valence-corrected chi connectivity index (χ0v) is 14.5. The van der Waals surface area contributed by atoms with Gasteiger partial charge in [-0.1, -0.05) is 30.3 Å². The molecule has 0 fully saturated rings. The van der Waals surface area contributed by atoms with Gasteiger partial charge >= 0.3 is 0 Å². The minimum Gasteiger partial charge on any atom is -0.390 e. The molecule has 6 nitrogen and oxygen atoms in total. The topological polar surface area (TPSA) is 68.2 Å². The van der Waals surface area contributed by atoms with Gasteiger partial charge in [0.1, 0.15) is 5.69 Å². The van der Waals surface area contributed by atoms with Gasteiger partial charge in [-0.05, 0) is 30.9 Å². The molecule has 1 N–H and O–H groups in total. The van der Waals surface area contributed by atoms with Crippen LogP contribution in [0, 0.1) is 18.8 Å². The smallest absolute Gasteiger partial charge is 0.186 e. The zero-order valence-electron chi connectivity index (χ0n) is 14.5. The Balaban J connectivity index is 1.70. The number of nitrogens with zero attached hydrogens (tertiary/aromatic N) is 5. The molecule has 128 valence electrons. The summed E-state index contributed by atoms with van der Waals surface area (Å²) in [6, 6.07) is 13.7. The van der Waals surface area contributed by atoms with Crippen molar-refractivity contribution < 1.29 is 5.11 Å². The second-order valence-corrected chi connectivity index (χ2v) is 5.97. The molecule has 0 aliphatic heterocycles. The molecule has 1 aromatic carbocycles. The molecule has 0 saturated carbocycles. The van der Waals surface area contributed by atoms with Gasteiger partial charge in [0, 0.05) is 18.8 Å². The first-order valence-corrected chi connectivity index (χ1v) is 8.22. The summed E-state index contributed by atoms with van der Waals surface area (Å²) in [5.74, 6) is 6.78. The first kappa shape index (κ1) is 16.1. The van der Waals surface area contributed by atoms with E-state index in [1.807, 2.05) is 67.2 Å². The number of imidazole rings is 2. The molecule has 0 atom stereocenters. The van der Waals surface area contributed by atoms with Crippen LogP contribution in [0.25, 0.3) is 16.9 Å². The fourth-order valence-electron chi connectivity index (χ4n) is 2.79. The van der Waals surface area contributed by atoms with Crippen molar-refractivity contribution in [3.63, 3.8) is 0 Å². The molecule has 0 unspecified atom stereocenters. The van der Waals surface area contributed by atoms with Crippen molar-refractivity contribution in [1.82, 2.24) is 24.1 Å². The summed E-state index contributed by atoms with van der Waals surface area (Å²) in [7, 11) is 1.92. The van der Waals surface area contributed by atoms with Gasteiger partial charge in [-0.3, -0.25) is 0 Å². The quantitative estimate of drug-likeness (QED) is 0.567. The largest absolute Gasteiger partial charge is 0.390 e. The SMILES string of the molecule is Cc1nc2ccc(C#Cc3nc(-c4ccccc4)cn3C)nn2c1CO. The summed E-state index contributed by atoms with van der Waals surface area (Å²) >= 11 is 0. The molecule has 4 aromatic rings. The van der Waals surface area contributed by atoms with E-state index in [-0.39, 0.29) is 6.61 Å². The van der Waals surface area contributed by atoms with Crippen LogP contribution in [0.4, 0.5) is 0 Å². The monoisotopic (exact) mass is 343 g/mol. The third-order valence-electron chi connectivity index (χ3n) is 4.17. The van der Waals surface area contributed by atoms with Gasteiger partial charge < -0.3 is 9.67 Å². The molecular formula is C20H17N5O. The third kappa shape index (κ3) is 2.85. The van der Waals surface area contributed by atoms with E-state index in [0.29, 0.717) is 22.9 Å². The Kier molecular flexibility index (Phi) is 3.99. The van der Waals surface area contributed by atoms with E-state index < -0.39 is 0 Å².